The molecule has 28 heavy (non-hydrogen) atoms. The zero-order chi connectivity index (χ0) is 20.1. The second-order valence-electron chi connectivity index (χ2n) is 8.36. The molecule has 1 heterocycles. The van der Waals surface area contributed by atoms with Gasteiger partial charge in [-0.3, -0.25) is 9.59 Å². The lowest BCUT2D eigenvalue weighted by molar-refractivity contribution is -0.120. The van der Waals surface area contributed by atoms with E-state index < -0.39 is 0 Å². The molecule has 1 aliphatic heterocycles. The first-order valence-electron chi connectivity index (χ1n) is 9.87. The molecular formula is C23H29N3O2. The summed E-state index contributed by atoms with van der Waals surface area (Å²) >= 11 is 0. The van der Waals surface area contributed by atoms with Crippen LogP contribution in [0.2, 0.25) is 0 Å². The van der Waals surface area contributed by atoms with Gasteiger partial charge in [0.1, 0.15) is 0 Å². The molecule has 0 radical (unpaired) electrons. The number of hydrogen-bond donors (Lipinski definition) is 3. The molecule has 0 aliphatic carbocycles. The van der Waals surface area contributed by atoms with Crippen LogP contribution in [0.1, 0.15) is 49.5 Å². The average molecular weight is 380 g/mol. The monoisotopic (exact) mass is 379 g/mol. The van der Waals surface area contributed by atoms with E-state index in [0.29, 0.717) is 23.5 Å². The first kappa shape index (κ1) is 20.1. The number of carbonyl (C=O) groups excluding carboxylic acids is 2. The van der Waals surface area contributed by atoms with Gasteiger partial charge in [-0.1, -0.05) is 45.0 Å². The van der Waals surface area contributed by atoms with E-state index in [4.69, 9.17) is 0 Å². The Morgan fingerprint density at radius 1 is 0.964 bits per heavy atom. The third-order valence-corrected chi connectivity index (χ3v) is 5.11. The lowest BCUT2D eigenvalue weighted by Crippen LogP contribution is -2.37. The quantitative estimate of drug-likeness (QED) is 0.746. The average Bonchev–Trinajstić information content (AvgIpc) is 2.69. The molecule has 5 nitrogen and oxygen atoms in total. The van der Waals surface area contributed by atoms with Crippen molar-refractivity contribution >= 4 is 23.2 Å². The van der Waals surface area contributed by atoms with Crippen LogP contribution in [-0.2, 0) is 10.2 Å². The van der Waals surface area contributed by atoms with Gasteiger partial charge in [0, 0.05) is 12.1 Å². The molecular weight excluding hydrogens is 350 g/mol. The second-order valence-corrected chi connectivity index (χ2v) is 8.36. The smallest absolute Gasteiger partial charge is 0.255 e. The highest BCUT2D eigenvalue weighted by Gasteiger charge is 2.22. The standard InChI is InChI=1S/C23H29N3O2/c1-23(2,3)18-12-10-16(11-13-18)21(27)25-19-8-4-5-9-20(19)26-22(28)17-7-6-14-24-15-17/h4-5,8-13,17,24H,6-7,14-15H2,1-3H3,(H,25,27)(H,26,28). The van der Waals surface area contributed by atoms with Crippen molar-refractivity contribution < 1.29 is 9.59 Å². The van der Waals surface area contributed by atoms with E-state index in [1.165, 1.54) is 5.56 Å². The van der Waals surface area contributed by atoms with Gasteiger partial charge in [-0.25, -0.2) is 0 Å². The molecule has 1 atom stereocenters. The first-order chi connectivity index (χ1) is 13.3. The van der Waals surface area contributed by atoms with Crippen molar-refractivity contribution in [2.45, 2.75) is 39.0 Å². The maximum Gasteiger partial charge on any atom is 0.255 e. The van der Waals surface area contributed by atoms with Crippen molar-refractivity contribution in [1.82, 2.24) is 5.32 Å². The normalized spacial score (nSPS) is 17.0. The Morgan fingerprint density at radius 3 is 2.18 bits per heavy atom. The summed E-state index contributed by atoms with van der Waals surface area (Å²) in [7, 11) is 0. The van der Waals surface area contributed by atoms with Crippen molar-refractivity contribution in [3.8, 4) is 0 Å². The molecule has 2 aromatic carbocycles. The number of anilines is 2. The second kappa shape index (κ2) is 8.57. The minimum Gasteiger partial charge on any atom is -0.324 e. The first-order valence-corrected chi connectivity index (χ1v) is 9.87. The van der Waals surface area contributed by atoms with Gasteiger partial charge in [-0.2, -0.15) is 0 Å². The van der Waals surface area contributed by atoms with Crippen molar-refractivity contribution in [3.05, 3.63) is 59.7 Å². The van der Waals surface area contributed by atoms with Gasteiger partial charge in [0.15, 0.2) is 0 Å². The van der Waals surface area contributed by atoms with E-state index in [-0.39, 0.29) is 23.1 Å². The number of carbonyl (C=O) groups is 2. The van der Waals surface area contributed by atoms with Crippen molar-refractivity contribution in [3.63, 3.8) is 0 Å². The molecule has 1 saturated heterocycles. The molecule has 3 rings (SSSR count). The predicted molar refractivity (Wildman–Crippen MR) is 114 cm³/mol. The van der Waals surface area contributed by atoms with E-state index in [2.05, 4.69) is 36.7 Å². The highest BCUT2D eigenvalue weighted by molar-refractivity contribution is 6.07. The number of hydrogen-bond acceptors (Lipinski definition) is 3. The third kappa shape index (κ3) is 4.98. The highest BCUT2D eigenvalue weighted by Crippen LogP contribution is 2.25. The van der Waals surface area contributed by atoms with Crippen LogP contribution in [0.25, 0.3) is 0 Å². The van der Waals surface area contributed by atoms with Crippen molar-refractivity contribution in [2.75, 3.05) is 23.7 Å². The lowest BCUT2D eigenvalue weighted by Gasteiger charge is -2.22. The summed E-state index contributed by atoms with van der Waals surface area (Å²) in [6, 6.07) is 15.0. The van der Waals surface area contributed by atoms with Gasteiger partial charge in [-0.05, 0) is 54.6 Å². The number of rotatable bonds is 4. The van der Waals surface area contributed by atoms with Gasteiger partial charge in [0.05, 0.1) is 17.3 Å². The van der Waals surface area contributed by atoms with Crippen LogP contribution < -0.4 is 16.0 Å². The summed E-state index contributed by atoms with van der Waals surface area (Å²) in [5.74, 6) is -0.243. The molecule has 2 amide bonds. The maximum atomic E-state index is 12.7. The summed E-state index contributed by atoms with van der Waals surface area (Å²) in [4.78, 5) is 25.2. The molecule has 148 valence electrons. The Hall–Kier alpha value is -2.66. The fourth-order valence-corrected chi connectivity index (χ4v) is 3.33. The van der Waals surface area contributed by atoms with Crippen LogP contribution in [0.3, 0.4) is 0 Å². The minimum atomic E-state index is -0.193. The minimum absolute atomic E-state index is 0.0107. The van der Waals surface area contributed by atoms with Crippen molar-refractivity contribution in [2.24, 2.45) is 5.92 Å². The van der Waals surface area contributed by atoms with E-state index in [1.807, 2.05) is 42.5 Å². The molecule has 5 heteroatoms. The molecule has 0 aromatic heterocycles. The van der Waals surface area contributed by atoms with E-state index in [1.54, 1.807) is 6.07 Å². The molecule has 0 bridgehead atoms. The Labute approximate surface area is 166 Å². The molecule has 3 N–H and O–H groups in total. The number of amides is 2. The van der Waals surface area contributed by atoms with E-state index >= 15 is 0 Å². The zero-order valence-electron chi connectivity index (χ0n) is 16.8. The van der Waals surface area contributed by atoms with E-state index in [0.717, 1.165) is 19.4 Å². The topological polar surface area (TPSA) is 70.2 Å². The number of para-hydroxylation sites is 2. The van der Waals surface area contributed by atoms with Gasteiger partial charge >= 0.3 is 0 Å². The van der Waals surface area contributed by atoms with Gasteiger partial charge < -0.3 is 16.0 Å². The van der Waals surface area contributed by atoms with E-state index in [9.17, 15) is 9.59 Å². The van der Waals surface area contributed by atoms with Gasteiger partial charge in [0.2, 0.25) is 5.91 Å². The molecule has 1 fully saturated rings. The summed E-state index contributed by atoms with van der Waals surface area (Å²) < 4.78 is 0. The Morgan fingerprint density at radius 2 is 1.61 bits per heavy atom. The van der Waals surface area contributed by atoms with Crippen LogP contribution in [0, 0.1) is 5.92 Å². The summed E-state index contributed by atoms with van der Waals surface area (Å²) in [6.07, 6.45) is 1.88. The lowest BCUT2D eigenvalue weighted by atomic mass is 9.87. The Balaban J connectivity index is 1.70. The van der Waals surface area contributed by atoms with Crippen LogP contribution in [0.5, 0.6) is 0 Å². The molecule has 1 aliphatic rings. The van der Waals surface area contributed by atoms with Crippen LogP contribution in [0.15, 0.2) is 48.5 Å². The summed E-state index contributed by atoms with van der Waals surface area (Å²) in [6.45, 7) is 8.08. The fourth-order valence-electron chi connectivity index (χ4n) is 3.33. The van der Waals surface area contributed by atoms with Crippen LogP contribution >= 0.6 is 0 Å². The van der Waals surface area contributed by atoms with Crippen LogP contribution in [-0.4, -0.2) is 24.9 Å². The summed E-state index contributed by atoms with van der Waals surface area (Å²) in [5, 5.41) is 9.15. The molecule has 0 saturated carbocycles. The number of piperidine rings is 1. The van der Waals surface area contributed by atoms with Gasteiger partial charge in [0.25, 0.3) is 5.91 Å². The molecule has 2 aromatic rings. The van der Waals surface area contributed by atoms with Crippen LogP contribution in [0.4, 0.5) is 11.4 Å². The predicted octanol–water partition coefficient (Wildman–Crippen LogP) is 4.17. The number of benzene rings is 2. The maximum absolute atomic E-state index is 12.7. The van der Waals surface area contributed by atoms with Crippen molar-refractivity contribution in [1.29, 1.82) is 0 Å². The zero-order valence-corrected chi connectivity index (χ0v) is 16.8. The molecule has 0 spiro atoms. The Bertz CT molecular complexity index is 832. The SMILES string of the molecule is CC(C)(C)c1ccc(C(=O)Nc2ccccc2NC(=O)C2CCCNC2)cc1. The highest BCUT2D eigenvalue weighted by atomic mass is 16.2. The third-order valence-electron chi connectivity index (χ3n) is 5.11. The summed E-state index contributed by atoms with van der Waals surface area (Å²) in [5.41, 5.74) is 3.03. The fraction of sp³-hybridized carbons (Fsp3) is 0.391. The largest absolute Gasteiger partial charge is 0.324 e. The molecule has 1 unspecified atom stereocenters. The Kier molecular flexibility index (Phi) is 6.15. The van der Waals surface area contributed by atoms with Gasteiger partial charge in [-0.15, -0.1) is 0 Å². The number of nitrogens with one attached hydrogen (secondary N) is 3.